The van der Waals surface area contributed by atoms with E-state index in [-0.39, 0.29) is 0 Å². The third kappa shape index (κ3) is 15.9. The second kappa shape index (κ2) is 17.5. The molecule has 4 nitrogen and oxygen atoms in total. The molecule has 0 aromatic carbocycles. The van der Waals surface area contributed by atoms with Crippen LogP contribution in [0, 0.1) is 0 Å². The number of allylic oxidation sites excluding steroid dienone is 2. The van der Waals surface area contributed by atoms with E-state index in [9.17, 15) is 9.59 Å². The fraction of sp³-hybridized carbons (Fsp3) is 0.810. The summed E-state index contributed by atoms with van der Waals surface area (Å²) in [4.78, 5) is 22.5. The van der Waals surface area contributed by atoms with Gasteiger partial charge in [0.05, 0.1) is 7.11 Å². The van der Waals surface area contributed by atoms with E-state index in [0.29, 0.717) is 6.42 Å². The predicted molar refractivity (Wildman–Crippen MR) is 102 cm³/mol. The first-order valence-corrected chi connectivity index (χ1v) is 10.0. The minimum atomic E-state index is -0.750. The molecule has 1 atom stereocenters. The molecular formula is C21H38O4. The van der Waals surface area contributed by atoms with Gasteiger partial charge in [-0.05, 0) is 38.5 Å². The van der Waals surface area contributed by atoms with Gasteiger partial charge in [0, 0.05) is 6.92 Å². The van der Waals surface area contributed by atoms with Crippen molar-refractivity contribution in [3.05, 3.63) is 12.2 Å². The van der Waals surface area contributed by atoms with Crippen molar-refractivity contribution in [2.75, 3.05) is 7.11 Å². The normalized spacial score (nSPS) is 12.3. The number of unbranched alkanes of at least 4 members (excludes halogenated alkanes) is 10. The van der Waals surface area contributed by atoms with Gasteiger partial charge in [-0.25, -0.2) is 4.79 Å². The molecule has 0 radical (unpaired) electrons. The predicted octanol–water partition coefficient (Wildman–Crippen LogP) is 5.74. The molecule has 146 valence electrons. The second-order valence-electron chi connectivity index (χ2n) is 6.64. The lowest BCUT2D eigenvalue weighted by Crippen LogP contribution is -2.27. The van der Waals surface area contributed by atoms with E-state index in [1.54, 1.807) is 0 Å². The quantitative estimate of drug-likeness (QED) is 0.201. The highest BCUT2D eigenvalue weighted by Gasteiger charge is 2.21. The van der Waals surface area contributed by atoms with Crippen LogP contribution in [0.25, 0.3) is 0 Å². The van der Waals surface area contributed by atoms with E-state index in [2.05, 4.69) is 23.8 Å². The Morgan fingerprint density at radius 2 is 1.36 bits per heavy atom. The minimum Gasteiger partial charge on any atom is -0.466 e. The molecule has 0 bridgehead atoms. The van der Waals surface area contributed by atoms with Gasteiger partial charge in [-0.3, -0.25) is 4.79 Å². The van der Waals surface area contributed by atoms with E-state index in [1.165, 1.54) is 65.4 Å². The number of esters is 2. The SMILES string of the molecule is CCCCCCCCC=CCCCCCCC(OC(C)=O)C(=O)OC. The molecule has 0 amide bonds. The molecule has 0 saturated carbocycles. The number of ether oxygens (including phenoxy) is 2. The van der Waals surface area contributed by atoms with Gasteiger partial charge >= 0.3 is 11.9 Å². The first-order chi connectivity index (χ1) is 12.1. The van der Waals surface area contributed by atoms with Gasteiger partial charge in [-0.15, -0.1) is 0 Å². The first kappa shape index (κ1) is 23.7. The van der Waals surface area contributed by atoms with Crippen molar-refractivity contribution in [2.24, 2.45) is 0 Å². The molecule has 0 N–H and O–H groups in total. The van der Waals surface area contributed by atoms with Crippen LogP contribution in [0.5, 0.6) is 0 Å². The minimum absolute atomic E-state index is 0.439. The van der Waals surface area contributed by atoms with Crippen LogP contribution >= 0.6 is 0 Å². The number of hydrogen-bond acceptors (Lipinski definition) is 4. The smallest absolute Gasteiger partial charge is 0.347 e. The van der Waals surface area contributed by atoms with Crippen molar-refractivity contribution in [3.63, 3.8) is 0 Å². The van der Waals surface area contributed by atoms with Crippen molar-refractivity contribution in [2.45, 2.75) is 103 Å². The molecule has 25 heavy (non-hydrogen) atoms. The van der Waals surface area contributed by atoms with Crippen molar-refractivity contribution in [1.29, 1.82) is 0 Å². The molecule has 4 heteroatoms. The van der Waals surface area contributed by atoms with E-state index in [1.807, 2.05) is 0 Å². The van der Waals surface area contributed by atoms with Crippen molar-refractivity contribution in [3.8, 4) is 0 Å². The van der Waals surface area contributed by atoms with E-state index >= 15 is 0 Å². The van der Waals surface area contributed by atoms with Crippen LogP contribution in [0.4, 0.5) is 0 Å². The zero-order valence-corrected chi connectivity index (χ0v) is 16.6. The third-order valence-corrected chi connectivity index (χ3v) is 4.25. The molecule has 0 aliphatic carbocycles. The topological polar surface area (TPSA) is 52.6 Å². The molecule has 0 fully saturated rings. The number of methoxy groups -OCH3 is 1. The molecule has 0 rings (SSSR count). The van der Waals surface area contributed by atoms with Crippen molar-refractivity contribution in [1.82, 2.24) is 0 Å². The first-order valence-electron chi connectivity index (χ1n) is 10.0. The average Bonchev–Trinajstić information content (AvgIpc) is 2.60. The van der Waals surface area contributed by atoms with Gasteiger partial charge in [-0.1, -0.05) is 64.0 Å². The summed E-state index contributed by atoms with van der Waals surface area (Å²) in [6, 6.07) is 0. The molecule has 1 unspecified atom stereocenters. The Labute approximate surface area is 154 Å². The summed E-state index contributed by atoms with van der Waals surface area (Å²) in [6.45, 7) is 3.56. The van der Waals surface area contributed by atoms with Gasteiger partial charge in [0.25, 0.3) is 0 Å². The maximum absolute atomic E-state index is 11.5. The molecular weight excluding hydrogens is 316 g/mol. The molecule has 0 aromatic heterocycles. The Hall–Kier alpha value is -1.32. The van der Waals surface area contributed by atoms with Crippen LogP contribution in [0.2, 0.25) is 0 Å². The Kier molecular flexibility index (Phi) is 16.6. The highest BCUT2D eigenvalue weighted by Crippen LogP contribution is 2.12. The maximum Gasteiger partial charge on any atom is 0.347 e. The molecule has 0 heterocycles. The van der Waals surface area contributed by atoms with E-state index in [0.717, 1.165) is 25.7 Å². The van der Waals surface area contributed by atoms with Gasteiger partial charge in [0.2, 0.25) is 0 Å². The van der Waals surface area contributed by atoms with E-state index in [4.69, 9.17) is 4.74 Å². The van der Waals surface area contributed by atoms with Crippen LogP contribution in [0.15, 0.2) is 12.2 Å². The van der Waals surface area contributed by atoms with E-state index < -0.39 is 18.0 Å². The lowest BCUT2D eigenvalue weighted by molar-refractivity contribution is -0.165. The van der Waals surface area contributed by atoms with Crippen molar-refractivity contribution < 1.29 is 19.1 Å². The highest BCUT2D eigenvalue weighted by molar-refractivity contribution is 5.78. The van der Waals surface area contributed by atoms with Gasteiger partial charge in [0.1, 0.15) is 0 Å². The monoisotopic (exact) mass is 354 g/mol. The van der Waals surface area contributed by atoms with Gasteiger partial charge in [0.15, 0.2) is 6.10 Å². The van der Waals surface area contributed by atoms with Crippen LogP contribution in [-0.2, 0) is 19.1 Å². The van der Waals surface area contributed by atoms with Gasteiger partial charge < -0.3 is 9.47 Å². The zero-order chi connectivity index (χ0) is 18.8. The second-order valence-corrected chi connectivity index (χ2v) is 6.64. The summed E-state index contributed by atoms with van der Waals surface area (Å²) < 4.78 is 9.65. The number of carbonyl (C=O) groups excluding carboxylic acids is 2. The summed E-state index contributed by atoms with van der Waals surface area (Å²) in [5.41, 5.74) is 0. The Morgan fingerprint density at radius 1 is 0.840 bits per heavy atom. The van der Waals surface area contributed by atoms with Gasteiger partial charge in [-0.2, -0.15) is 0 Å². The Balaban J connectivity index is 3.51. The molecule has 0 aromatic rings. The fourth-order valence-corrected chi connectivity index (χ4v) is 2.78. The standard InChI is InChI=1S/C21H38O4/c1-4-5-6-7-8-9-10-11-12-13-14-15-16-17-18-20(21(23)24-3)25-19(2)22/h11-12,20H,4-10,13-18H2,1-3H3. The van der Waals surface area contributed by atoms with Crippen LogP contribution in [0.3, 0.4) is 0 Å². The summed E-state index contributed by atoms with van der Waals surface area (Å²) in [7, 11) is 1.32. The Morgan fingerprint density at radius 3 is 1.88 bits per heavy atom. The fourth-order valence-electron chi connectivity index (χ4n) is 2.78. The number of hydrogen-bond donors (Lipinski definition) is 0. The van der Waals surface area contributed by atoms with Crippen LogP contribution in [-0.4, -0.2) is 25.2 Å². The third-order valence-electron chi connectivity index (χ3n) is 4.25. The van der Waals surface area contributed by atoms with Crippen LogP contribution < -0.4 is 0 Å². The number of carbonyl (C=O) groups is 2. The Bertz CT molecular complexity index is 363. The maximum atomic E-state index is 11.5. The summed E-state index contributed by atoms with van der Waals surface area (Å²) >= 11 is 0. The molecule has 0 aliphatic rings. The molecule has 0 spiro atoms. The molecule has 0 saturated heterocycles. The number of rotatable bonds is 16. The summed E-state index contributed by atoms with van der Waals surface area (Å²) in [6.07, 6.45) is 19.1. The largest absolute Gasteiger partial charge is 0.466 e. The van der Waals surface area contributed by atoms with Crippen LogP contribution in [0.1, 0.15) is 97.3 Å². The zero-order valence-electron chi connectivity index (χ0n) is 16.6. The average molecular weight is 355 g/mol. The van der Waals surface area contributed by atoms with Crippen molar-refractivity contribution >= 4 is 11.9 Å². The molecule has 0 aliphatic heterocycles. The lowest BCUT2D eigenvalue weighted by Gasteiger charge is -2.14. The lowest BCUT2D eigenvalue weighted by atomic mass is 10.1. The summed E-state index contributed by atoms with van der Waals surface area (Å²) in [5, 5.41) is 0. The highest BCUT2D eigenvalue weighted by atomic mass is 16.6. The summed E-state index contributed by atoms with van der Waals surface area (Å²) in [5.74, 6) is -0.904.